The Labute approximate surface area is 222 Å². The molecule has 2 fully saturated rings. The van der Waals surface area contributed by atoms with Gasteiger partial charge in [-0.05, 0) is 23.1 Å². The summed E-state index contributed by atoms with van der Waals surface area (Å²) in [4.78, 5) is 26.9. The van der Waals surface area contributed by atoms with Gasteiger partial charge < -0.3 is 9.64 Å². The summed E-state index contributed by atoms with van der Waals surface area (Å²) >= 11 is 1.86. The molecule has 2 N–H and O–H groups in total. The molecule has 3 aromatic carbocycles. The Morgan fingerprint density at radius 3 is 1.97 bits per heavy atom. The van der Waals surface area contributed by atoms with Gasteiger partial charge in [-0.2, -0.15) is 0 Å². The molecule has 2 heterocycles. The third kappa shape index (κ3) is 5.15. The monoisotopic (exact) mass is 513 g/mol. The van der Waals surface area contributed by atoms with Crippen LogP contribution in [-0.2, 0) is 14.3 Å². The van der Waals surface area contributed by atoms with Crippen molar-refractivity contribution in [1.29, 1.82) is 0 Å². The van der Waals surface area contributed by atoms with Gasteiger partial charge in [0.2, 0.25) is 5.91 Å². The van der Waals surface area contributed by atoms with Gasteiger partial charge in [0.05, 0.1) is 16.8 Å². The molecular formula is C30H31N3O3S. The third-order valence-electron chi connectivity index (χ3n) is 7.02. The van der Waals surface area contributed by atoms with Gasteiger partial charge in [0.1, 0.15) is 6.61 Å². The quantitative estimate of drug-likeness (QED) is 0.332. The molecule has 2 aliphatic heterocycles. The second-order valence-corrected chi connectivity index (χ2v) is 10.9. The lowest BCUT2D eigenvalue weighted by Crippen LogP contribution is -2.48. The highest BCUT2D eigenvalue weighted by Crippen LogP contribution is 2.52. The van der Waals surface area contributed by atoms with Crippen LogP contribution in [0.2, 0.25) is 0 Å². The smallest absolute Gasteiger partial charge is 0.410 e. The van der Waals surface area contributed by atoms with Gasteiger partial charge in [0, 0.05) is 18.2 Å². The highest BCUT2D eigenvalue weighted by molar-refractivity contribution is 8.01. The maximum absolute atomic E-state index is 13.1. The number of ether oxygens (including phenoxy) is 1. The molecule has 2 amide bonds. The molecule has 0 saturated carbocycles. The van der Waals surface area contributed by atoms with Crippen LogP contribution >= 0.6 is 11.8 Å². The largest absolute Gasteiger partial charge is 0.445 e. The molecule has 6 nitrogen and oxygen atoms in total. The normalized spacial score (nSPS) is 21.5. The fraction of sp³-hybridized carbons (Fsp3) is 0.267. The van der Waals surface area contributed by atoms with E-state index in [0.717, 1.165) is 6.42 Å². The molecule has 1 unspecified atom stereocenters. The van der Waals surface area contributed by atoms with Crippen LogP contribution in [0.5, 0.6) is 0 Å². The zero-order valence-corrected chi connectivity index (χ0v) is 21.4. The SMILES string of the molecule is C=CCOC(=O)N1C[C@@H](SC(c2ccccc2)(c2ccccc2)c2ccccc2)C[C@H]1C1CC(=O)NN1. The van der Waals surface area contributed by atoms with Crippen molar-refractivity contribution in [1.82, 2.24) is 15.8 Å². The number of nitrogens with one attached hydrogen (secondary N) is 2. The summed E-state index contributed by atoms with van der Waals surface area (Å²) < 4.78 is 4.96. The van der Waals surface area contributed by atoms with Gasteiger partial charge in [-0.15, -0.1) is 11.8 Å². The van der Waals surface area contributed by atoms with Crippen LogP contribution in [0.1, 0.15) is 29.5 Å². The molecule has 0 aliphatic carbocycles. The molecule has 7 heteroatoms. The summed E-state index contributed by atoms with van der Waals surface area (Å²) in [5.41, 5.74) is 9.32. The van der Waals surface area contributed by atoms with Crippen molar-refractivity contribution >= 4 is 23.8 Å². The van der Waals surface area contributed by atoms with E-state index in [-0.39, 0.29) is 35.9 Å². The summed E-state index contributed by atoms with van der Waals surface area (Å²) in [7, 11) is 0. The highest BCUT2D eigenvalue weighted by Gasteiger charge is 2.47. The van der Waals surface area contributed by atoms with E-state index in [2.05, 4.69) is 90.2 Å². The summed E-state index contributed by atoms with van der Waals surface area (Å²) in [6.07, 6.45) is 2.25. The summed E-state index contributed by atoms with van der Waals surface area (Å²) in [6, 6.07) is 31.3. The Morgan fingerprint density at radius 2 is 1.51 bits per heavy atom. The van der Waals surface area contributed by atoms with E-state index in [9.17, 15) is 9.59 Å². The van der Waals surface area contributed by atoms with E-state index in [4.69, 9.17) is 4.74 Å². The van der Waals surface area contributed by atoms with Crippen LogP contribution in [0, 0.1) is 0 Å². The topological polar surface area (TPSA) is 70.7 Å². The summed E-state index contributed by atoms with van der Waals surface area (Å²) in [6.45, 7) is 4.33. The van der Waals surface area contributed by atoms with Crippen molar-refractivity contribution in [3.8, 4) is 0 Å². The van der Waals surface area contributed by atoms with E-state index in [1.807, 2.05) is 30.0 Å². The predicted octanol–water partition coefficient (Wildman–Crippen LogP) is 4.87. The Balaban J connectivity index is 1.55. The Morgan fingerprint density at radius 1 is 0.973 bits per heavy atom. The fourth-order valence-corrected chi connectivity index (χ4v) is 7.24. The molecule has 2 aliphatic rings. The van der Waals surface area contributed by atoms with Crippen molar-refractivity contribution in [3.05, 3.63) is 120 Å². The van der Waals surface area contributed by atoms with Crippen LogP contribution < -0.4 is 10.9 Å². The summed E-state index contributed by atoms with van der Waals surface area (Å²) in [5, 5.41) is 0.0967. The maximum atomic E-state index is 13.1. The van der Waals surface area contributed by atoms with Gasteiger partial charge in [0.25, 0.3) is 0 Å². The number of amides is 2. The minimum atomic E-state index is -0.489. The van der Waals surface area contributed by atoms with Crippen molar-refractivity contribution in [3.63, 3.8) is 0 Å². The molecule has 0 radical (unpaired) electrons. The molecule has 0 bridgehead atoms. The minimum absolute atomic E-state index is 0.0623. The van der Waals surface area contributed by atoms with Gasteiger partial charge in [-0.3, -0.25) is 10.2 Å². The third-order valence-corrected chi connectivity index (χ3v) is 8.75. The second-order valence-electron chi connectivity index (χ2n) is 9.34. The molecular weight excluding hydrogens is 482 g/mol. The fourth-order valence-electron chi connectivity index (χ4n) is 5.40. The zero-order valence-electron chi connectivity index (χ0n) is 20.6. The number of rotatable bonds is 8. The number of carbonyl (C=O) groups is 2. The van der Waals surface area contributed by atoms with Gasteiger partial charge in [0.15, 0.2) is 0 Å². The van der Waals surface area contributed by atoms with Crippen LogP contribution in [-0.4, -0.2) is 47.4 Å². The van der Waals surface area contributed by atoms with Crippen LogP contribution in [0.3, 0.4) is 0 Å². The first-order valence-corrected chi connectivity index (χ1v) is 13.4. The van der Waals surface area contributed by atoms with Gasteiger partial charge in [-0.1, -0.05) is 104 Å². The average Bonchev–Trinajstić information content (AvgIpc) is 3.58. The lowest BCUT2D eigenvalue weighted by molar-refractivity contribution is -0.119. The molecule has 3 aromatic rings. The van der Waals surface area contributed by atoms with E-state index in [1.165, 1.54) is 16.7 Å². The van der Waals surface area contributed by atoms with Crippen molar-refractivity contribution in [2.75, 3.05) is 13.2 Å². The van der Waals surface area contributed by atoms with Crippen molar-refractivity contribution in [2.24, 2.45) is 0 Å². The summed E-state index contributed by atoms with van der Waals surface area (Å²) in [5.74, 6) is -0.0623. The van der Waals surface area contributed by atoms with Gasteiger partial charge in [-0.25, -0.2) is 10.2 Å². The van der Waals surface area contributed by atoms with Crippen LogP contribution in [0.4, 0.5) is 4.79 Å². The Bertz CT molecular complexity index is 1130. The van der Waals surface area contributed by atoms with Crippen LogP contribution in [0.25, 0.3) is 0 Å². The number of thioether (sulfide) groups is 1. The van der Waals surface area contributed by atoms with E-state index in [1.54, 1.807) is 11.0 Å². The first-order valence-electron chi connectivity index (χ1n) is 12.5. The van der Waals surface area contributed by atoms with Crippen LogP contribution in [0.15, 0.2) is 104 Å². The molecule has 0 spiro atoms. The number of likely N-dealkylation sites (tertiary alicyclic amines) is 1. The van der Waals surface area contributed by atoms with Crippen molar-refractivity contribution in [2.45, 2.75) is 34.9 Å². The Kier molecular flexibility index (Phi) is 7.63. The number of benzene rings is 3. The highest BCUT2D eigenvalue weighted by atomic mass is 32.2. The predicted molar refractivity (Wildman–Crippen MR) is 147 cm³/mol. The first-order chi connectivity index (χ1) is 18.1. The number of nitrogens with zero attached hydrogens (tertiary/aromatic N) is 1. The minimum Gasteiger partial charge on any atom is -0.445 e. The number of hydrazine groups is 1. The molecule has 2 saturated heterocycles. The average molecular weight is 514 g/mol. The van der Waals surface area contributed by atoms with E-state index < -0.39 is 4.75 Å². The van der Waals surface area contributed by atoms with Crippen molar-refractivity contribution < 1.29 is 14.3 Å². The number of hydrogen-bond donors (Lipinski definition) is 2. The molecule has 190 valence electrons. The number of carbonyl (C=O) groups excluding carboxylic acids is 2. The van der Waals surface area contributed by atoms with E-state index >= 15 is 0 Å². The molecule has 37 heavy (non-hydrogen) atoms. The molecule has 3 atom stereocenters. The van der Waals surface area contributed by atoms with Gasteiger partial charge >= 0.3 is 6.09 Å². The second kappa shape index (κ2) is 11.2. The zero-order chi connectivity index (χ0) is 25.7. The molecule has 5 rings (SSSR count). The maximum Gasteiger partial charge on any atom is 0.410 e. The lowest BCUT2D eigenvalue weighted by Gasteiger charge is -2.37. The Hall–Kier alpha value is -3.55. The molecule has 0 aromatic heterocycles. The number of hydrogen-bond acceptors (Lipinski definition) is 5. The van der Waals surface area contributed by atoms with E-state index in [0.29, 0.717) is 13.0 Å². The lowest BCUT2D eigenvalue weighted by atomic mass is 9.84. The first kappa shape index (κ1) is 25.1. The standard InChI is InChI=1S/C30H31N3O3S/c1-2-18-36-29(35)33-21-25(19-27(33)26-20-28(34)32-31-26)37-30(22-12-6-3-7-13-22,23-14-8-4-9-15-23)24-16-10-5-11-17-24/h2-17,25-27,31H,1,18-21H2,(H,32,34)/t25-,26?,27-/m0/s1.